The van der Waals surface area contributed by atoms with Crippen LogP contribution in [0.1, 0.15) is 48.7 Å². The molecule has 0 radical (unpaired) electrons. The van der Waals surface area contributed by atoms with Gasteiger partial charge in [0, 0.05) is 37.2 Å². The summed E-state index contributed by atoms with van der Waals surface area (Å²) in [6.07, 6.45) is 5.48. The van der Waals surface area contributed by atoms with Crippen molar-refractivity contribution in [3.63, 3.8) is 0 Å². The van der Waals surface area contributed by atoms with Gasteiger partial charge in [0.1, 0.15) is 0 Å². The van der Waals surface area contributed by atoms with Crippen LogP contribution >= 0.6 is 11.6 Å². The van der Waals surface area contributed by atoms with Crippen molar-refractivity contribution in [3.05, 3.63) is 76.6 Å². The molecular formula is C24H29ClN6. The van der Waals surface area contributed by atoms with Crippen molar-refractivity contribution in [2.24, 2.45) is 0 Å². The van der Waals surface area contributed by atoms with Gasteiger partial charge < -0.3 is 0 Å². The second-order valence-corrected chi connectivity index (χ2v) is 9.08. The smallest absolute Gasteiger partial charge is 0.173 e. The summed E-state index contributed by atoms with van der Waals surface area (Å²) in [4.78, 5) is 5.22. The molecule has 1 aromatic heterocycles. The van der Waals surface area contributed by atoms with Crippen LogP contribution in [0.5, 0.6) is 0 Å². The molecule has 3 aromatic rings. The van der Waals surface area contributed by atoms with Gasteiger partial charge in [-0.3, -0.25) is 9.80 Å². The van der Waals surface area contributed by atoms with Crippen molar-refractivity contribution in [1.29, 1.82) is 0 Å². The van der Waals surface area contributed by atoms with E-state index in [0.717, 1.165) is 43.1 Å². The SMILES string of the molecule is Clc1ccc(C(c2nnnn2Cc2ccccc2)N2CCN(C3CCCC3)CC2)cc1. The molecule has 0 N–H and O–H groups in total. The molecule has 0 amide bonds. The fourth-order valence-corrected chi connectivity index (χ4v) is 5.20. The number of hydrogen-bond acceptors (Lipinski definition) is 5. The van der Waals surface area contributed by atoms with E-state index >= 15 is 0 Å². The molecule has 1 atom stereocenters. The van der Waals surface area contributed by atoms with Crippen molar-refractivity contribution in [3.8, 4) is 0 Å². The van der Waals surface area contributed by atoms with Crippen LogP contribution in [0.15, 0.2) is 54.6 Å². The molecule has 0 spiro atoms. The normalized spacial score (nSPS) is 19.6. The Bertz CT molecular complexity index is 959. The first kappa shape index (κ1) is 20.6. The van der Waals surface area contributed by atoms with Crippen molar-refractivity contribution >= 4 is 11.6 Å². The molecule has 2 aliphatic rings. The highest BCUT2D eigenvalue weighted by Crippen LogP contribution is 2.31. The fraction of sp³-hybridized carbons (Fsp3) is 0.458. The van der Waals surface area contributed by atoms with E-state index in [2.05, 4.69) is 61.7 Å². The van der Waals surface area contributed by atoms with Gasteiger partial charge in [0.05, 0.1) is 12.6 Å². The Hall–Kier alpha value is -2.28. The van der Waals surface area contributed by atoms with Crippen molar-refractivity contribution in [2.45, 2.75) is 44.3 Å². The molecule has 0 bridgehead atoms. The summed E-state index contributed by atoms with van der Waals surface area (Å²) < 4.78 is 1.94. The first-order valence-electron chi connectivity index (χ1n) is 11.3. The topological polar surface area (TPSA) is 50.1 Å². The second kappa shape index (κ2) is 9.47. The van der Waals surface area contributed by atoms with E-state index in [1.165, 1.54) is 36.8 Å². The predicted molar refractivity (Wildman–Crippen MR) is 122 cm³/mol. The summed E-state index contributed by atoms with van der Waals surface area (Å²) in [5, 5.41) is 13.6. The number of rotatable bonds is 6. The van der Waals surface area contributed by atoms with E-state index < -0.39 is 0 Å². The maximum atomic E-state index is 6.19. The van der Waals surface area contributed by atoms with E-state index in [1.54, 1.807) is 0 Å². The first-order valence-corrected chi connectivity index (χ1v) is 11.7. The van der Waals surface area contributed by atoms with Crippen LogP contribution in [-0.4, -0.2) is 62.2 Å². The van der Waals surface area contributed by atoms with E-state index in [1.807, 2.05) is 22.9 Å². The predicted octanol–water partition coefficient (Wildman–Crippen LogP) is 4.02. The number of benzene rings is 2. The molecule has 7 heteroatoms. The van der Waals surface area contributed by atoms with Crippen molar-refractivity contribution in [2.75, 3.05) is 26.2 Å². The average molecular weight is 437 g/mol. The Kier molecular flexibility index (Phi) is 6.30. The van der Waals surface area contributed by atoms with Gasteiger partial charge in [-0.15, -0.1) is 5.10 Å². The Morgan fingerprint density at radius 3 is 2.32 bits per heavy atom. The largest absolute Gasteiger partial charge is 0.298 e. The van der Waals surface area contributed by atoms with Crippen LogP contribution in [0.4, 0.5) is 0 Å². The summed E-state index contributed by atoms with van der Waals surface area (Å²) in [7, 11) is 0. The third-order valence-electron chi connectivity index (χ3n) is 6.72. The highest BCUT2D eigenvalue weighted by Gasteiger charge is 2.33. The summed E-state index contributed by atoms with van der Waals surface area (Å²) >= 11 is 6.19. The molecule has 1 aliphatic heterocycles. The lowest BCUT2D eigenvalue weighted by molar-refractivity contribution is 0.0771. The zero-order chi connectivity index (χ0) is 21.0. The minimum Gasteiger partial charge on any atom is -0.298 e. The van der Waals surface area contributed by atoms with Gasteiger partial charge in [-0.25, -0.2) is 4.68 Å². The number of halogens is 1. The van der Waals surface area contributed by atoms with Gasteiger partial charge in [0.15, 0.2) is 5.82 Å². The molecule has 1 saturated heterocycles. The maximum Gasteiger partial charge on any atom is 0.173 e. The zero-order valence-corrected chi connectivity index (χ0v) is 18.5. The average Bonchev–Trinajstić information content (AvgIpc) is 3.50. The van der Waals surface area contributed by atoms with Crippen LogP contribution in [0.2, 0.25) is 5.02 Å². The highest BCUT2D eigenvalue weighted by atomic mass is 35.5. The van der Waals surface area contributed by atoms with Crippen LogP contribution < -0.4 is 0 Å². The standard InChI is InChI=1S/C24H29ClN6/c25-21-12-10-20(11-13-21)23(30-16-14-29(15-17-30)22-8-4-5-9-22)24-26-27-28-31(24)18-19-6-2-1-3-7-19/h1-3,6-7,10-13,22-23H,4-5,8-9,14-18H2. The van der Waals surface area contributed by atoms with Crippen molar-refractivity contribution in [1.82, 2.24) is 30.0 Å². The molecule has 5 rings (SSSR count). The van der Waals surface area contributed by atoms with E-state index in [0.29, 0.717) is 6.54 Å². The van der Waals surface area contributed by atoms with Crippen LogP contribution in [0.25, 0.3) is 0 Å². The quantitative estimate of drug-likeness (QED) is 0.584. The lowest BCUT2D eigenvalue weighted by atomic mass is 10.0. The van der Waals surface area contributed by atoms with E-state index in [-0.39, 0.29) is 6.04 Å². The molecule has 6 nitrogen and oxygen atoms in total. The third-order valence-corrected chi connectivity index (χ3v) is 6.97. The van der Waals surface area contributed by atoms with Crippen LogP contribution in [0, 0.1) is 0 Å². The van der Waals surface area contributed by atoms with Crippen LogP contribution in [0.3, 0.4) is 0 Å². The minimum absolute atomic E-state index is 0.0155. The molecule has 2 aromatic carbocycles. The molecule has 2 heterocycles. The van der Waals surface area contributed by atoms with E-state index in [9.17, 15) is 0 Å². The van der Waals surface area contributed by atoms with Gasteiger partial charge in [-0.2, -0.15) is 0 Å². The van der Waals surface area contributed by atoms with Gasteiger partial charge >= 0.3 is 0 Å². The lowest BCUT2D eigenvalue weighted by Gasteiger charge is -2.41. The molecule has 1 aliphatic carbocycles. The molecule has 31 heavy (non-hydrogen) atoms. The van der Waals surface area contributed by atoms with E-state index in [4.69, 9.17) is 11.6 Å². The monoisotopic (exact) mass is 436 g/mol. The first-order chi connectivity index (χ1) is 15.3. The fourth-order valence-electron chi connectivity index (χ4n) is 5.07. The summed E-state index contributed by atoms with van der Waals surface area (Å²) in [6, 6.07) is 19.3. The third kappa shape index (κ3) is 4.66. The second-order valence-electron chi connectivity index (χ2n) is 8.64. The molecule has 162 valence electrons. The summed E-state index contributed by atoms with van der Waals surface area (Å²) in [6.45, 7) is 4.91. The number of nitrogens with zero attached hydrogens (tertiary/aromatic N) is 6. The highest BCUT2D eigenvalue weighted by molar-refractivity contribution is 6.30. The molecule has 1 saturated carbocycles. The Morgan fingerprint density at radius 2 is 1.61 bits per heavy atom. The molecule has 2 fully saturated rings. The van der Waals surface area contributed by atoms with Crippen molar-refractivity contribution < 1.29 is 0 Å². The van der Waals surface area contributed by atoms with Gasteiger partial charge in [0.2, 0.25) is 0 Å². The lowest BCUT2D eigenvalue weighted by Crippen LogP contribution is -2.51. The maximum absolute atomic E-state index is 6.19. The number of piperazine rings is 1. The van der Waals surface area contributed by atoms with Gasteiger partial charge in [-0.05, 0) is 46.5 Å². The number of aromatic nitrogens is 4. The zero-order valence-electron chi connectivity index (χ0n) is 17.8. The minimum atomic E-state index is 0.0155. The molecular weight excluding hydrogens is 408 g/mol. The Morgan fingerprint density at radius 1 is 0.903 bits per heavy atom. The summed E-state index contributed by atoms with van der Waals surface area (Å²) in [5.74, 6) is 0.889. The number of hydrogen-bond donors (Lipinski definition) is 0. The number of tetrazole rings is 1. The molecule has 1 unspecified atom stereocenters. The Labute approximate surface area is 188 Å². The Balaban J connectivity index is 1.41. The van der Waals surface area contributed by atoms with Gasteiger partial charge in [-0.1, -0.05) is 66.9 Å². The van der Waals surface area contributed by atoms with Gasteiger partial charge in [0.25, 0.3) is 0 Å². The van der Waals surface area contributed by atoms with Crippen LogP contribution in [-0.2, 0) is 6.54 Å². The summed E-state index contributed by atoms with van der Waals surface area (Å²) in [5.41, 5.74) is 2.37.